The van der Waals surface area contributed by atoms with E-state index in [1.54, 1.807) is 0 Å². The molecule has 7 rings (SSSR count). The molecule has 36 heavy (non-hydrogen) atoms. The number of carbonyl (C=O) groups excluding carboxylic acids is 2. The molecule has 0 radical (unpaired) electrons. The molecule has 0 fully saturated rings. The molecule has 2 heteroatoms. The van der Waals surface area contributed by atoms with Crippen LogP contribution in [0.25, 0.3) is 32.3 Å². The summed E-state index contributed by atoms with van der Waals surface area (Å²) in [5.74, 6) is 0.165. The van der Waals surface area contributed by atoms with Gasteiger partial charge < -0.3 is 0 Å². The van der Waals surface area contributed by atoms with Gasteiger partial charge in [-0.15, -0.1) is 0 Å². The smallest absolute Gasteiger partial charge is 0.190 e. The number of rotatable bonds is 3. The highest BCUT2D eigenvalue weighted by Crippen LogP contribution is 2.37. The molecular formula is C34H26O2. The summed E-state index contributed by atoms with van der Waals surface area (Å²) in [5.41, 5.74) is 5.04. The molecule has 0 saturated heterocycles. The maximum absolute atomic E-state index is 13.4. The Morgan fingerprint density at radius 1 is 0.556 bits per heavy atom. The van der Waals surface area contributed by atoms with Crippen LogP contribution in [0.1, 0.15) is 57.5 Å². The maximum Gasteiger partial charge on any atom is 0.190 e. The molecule has 0 unspecified atom stereocenters. The number of aryl methyl sites for hydroxylation is 2. The van der Waals surface area contributed by atoms with Crippen molar-refractivity contribution in [3.8, 4) is 0 Å². The van der Waals surface area contributed by atoms with Gasteiger partial charge >= 0.3 is 0 Å². The third-order valence-electron chi connectivity index (χ3n) is 8.13. The predicted octanol–water partition coefficient (Wildman–Crippen LogP) is 8.18. The van der Waals surface area contributed by atoms with Gasteiger partial charge in [0.25, 0.3) is 0 Å². The Kier molecular flexibility index (Phi) is 4.89. The molecule has 0 saturated carbocycles. The van der Waals surface area contributed by atoms with Crippen LogP contribution >= 0.6 is 0 Å². The Balaban J connectivity index is 1.22. The molecule has 0 heterocycles. The normalized spacial score (nSPS) is 15.6. The Morgan fingerprint density at radius 2 is 1.25 bits per heavy atom. The monoisotopic (exact) mass is 466 g/mol. The molecule has 2 aliphatic carbocycles. The number of Topliss-reactive ketones (excluding diaryl/α,β-unsaturated/α-hetero) is 2. The highest BCUT2D eigenvalue weighted by molar-refractivity contribution is 6.27. The van der Waals surface area contributed by atoms with Crippen molar-refractivity contribution in [2.75, 3.05) is 0 Å². The largest absolute Gasteiger partial charge is 0.289 e. The van der Waals surface area contributed by atoms with Gasteiger partial charge in [-0.2, -0.15) is 0 Å². The first-order chi connectivity index (χ1) is 17.7. The molecule has 5 aromatic rings. The van der Waals surface area contributed by atoms with Gasteiger partial charge in [0.2, 0.25) is 0 Å². The lowest BCUT2D eigenvalue weighted by molar-refractivity contribution is 0.0963. The molecule has 174 valence electrons. The third-order valence-corrected chi connectivity index (χ3v) is 8.13. The van der Waals surface area contributed by atoms with Crippen molar-refractivity contribution in [2.24, 2.45) is 0 Å². The second-order valence-corrected chi connectivity index (χ2v) is 10.2. The first-order valence-corrected chi connectivity index (χ1v) is 13.0. The molecule has 0 bridgehead atoms. The third kappa shape index (κ3) is 3.25. The van der Waals surface area contributed by atoms with Gasteiger partial charge in [-0.1, -0.05) is 84.9 Å². The van der Waals surface area contributed by atoms with E-state index in [4.69, 9.17) is 0 Å². The highest BCUT2D eigenvalue weighted by Gasteiger charge is 2.34. The van der Waals surface area contributed by atoms with E-state index in [2.05, 4.69) is 66.7 Å². The fourth-order valence-corrected chi connectivity index (χ4v) is 6.30. The molecular weight excluding hydrogens is 440 g/mol. The molecule has 0 aromatic heterocycles. The van der Waals surface area contributed by atoms with Gasteiger partial charge in [0.15, 0.2) is 11.6 Å². The second kappa shape index (κ2) is 8.27. The standard InChI is InChI=1S/C34H26O2/c35-33-29-9-3-4-10-30(29)34(36)32-23(7-5-11-31(32)33)14-12-21-13-17-26-24(20-21)16-19-27-25-8-2-1-6-22(25)15-18-28(26)27/h1-2,5-8,11,13,15-20H,3-4,9-10,12,14H2. The zero-order chi connectivity index (χ0) is 24.2. The van der Waals surface area contributed by atoms with Gasteiger partial charge in [-0.3, -0.25) is 9.59 Å². The van der Waals surface area contributed by atoms with Crippen molar-refractivity contribution in [3.63, 3.8) is 0 Å². The summed E-state index contributed by atoms with van der Waals surface area (Å²) in [6, 6.07) is 29.9. The number of allylic oxidation sites excluding steroid dienone is 2. The number of fused-ring (bicyclic) bond motifs is 6. The first kappa shape index (κ1) is 21.3. The summed E-state index contributed by atoms with van der Waals surface area (Å²) in [7, 11) is 0. The topological polar surface area (TPSA) is 34.1 Å². The molecule has 0 amide bonds. The molecule has 0 spiro atoms. The van der Waals surface area contributed by atoms with Crippen molar-refractivity contribution in [1.82, 2.24) is 0 Å². The van der Waals surface area contributed by atoms with Gasteiger partial charge in [0, 0.05) is 22.3 Å². The highest BCUT2D eigenvalue weighted by atomic mass is 16.1. The summed E-state index contributed by atoms with van der Waals surface area (Å²) in [6.07, 6.45) is 5.05. The number of ketones is 2. The lowest BCUT2D eigenvalue weighted by Crippen LogP contribution is -2.25. The van der Waals surface area contributed by atoms with Gasteiger partial charge in [-0.05, 0) is 82.0 Å². The van der Waals surface area contributed by atoms with Gasteiger partial charge in [-0.25, -0.2) is 0 Å². The Bertz CT molecular complexity index is 1770. The summed E-state index contributed by atoms with van der Waals surface area (Å²) in [6.45, 7) is 0. The maximum atomic E-state index is 13.4. The zero-order valence-electron chi connectivity index (χ0n) is 20.1. The molecule has 5 aromatic carbocycles. The van der Waals surface area contributed by atoms with Crippen LogP contribution in [0.2, 0.25) is 0 Å². The summed E-state index contributed by atoms with van der Waals surface area (Å²) in [4.78, 5) is 26.6. The zero-order valence-corrected chi connectivity index (χ0v) is 20.1. The van der Waals surface area contributed by atoms with E-state index in [9.17, 15) is 9.59 Å². The number of hydrogen-bond donors (Lipinski definition) is 0. The summed E-state index contributed by atoms with van der Waals surface area (Å²) >= 11 is 0. The SMILES string of the molecule is O=C1C2=C(CCCC2)C(=O)c2c(CCc3ccc4c(ccc5c6ccccc6ccc45)c3)cccc21. The summed E-state index contributed by atoms with van der Waals surface area (Å²) < 4.78 is 0. The van der Waals surface area contributed by atoms with E-state index in [0.717, 1.165) is 55.2 Å². The Labute approximate surface area is 210 Å². The Hall–Kier alpha value is -4.04. The van der Waals surface area contributed by atoms with Crippen molar-refractivity contribution in [2.45, 2.75) is 38.5 Å². The first-order valence-electron chi connectivity index (χ1n) is 13.0. The molecule has 0 atom stereocenters. The molecule has 0 aliphatic heterocycles. The molecule has 0 N–H and O–H groups in total. The Morgan fingerprint density at radius 3 is 2.08 bits per heavy atom. The molecule has 2 aliphatic rings. The average Bonchev–Trinajstić information content (AvgIpc) is 2.94. The lowest BCUT2D eigenvalue weighted by Gasteiger charge is -2.26. The van der Waals surface area contributed by atoms with E-state index in [-0.39, 0.29) is 11.6 Å². The van der Waals surface area contributed by atoms with E-state index in [1.165, 1.54) is 37.9 Å². The van der Waals surface area contributed by atoms with Crippen molar-refractivity contribution in [1.29, 1.82) is 0 Å². The average molecular weight is 467 g/mol. The van der Waals surface area contributed by atoms with Crippen molar-refractivity contribution < 1.29 is 9.59 Å². The fourth-order valence-electron chi connectivity index (χ4n) is 6.30. The minimum Gasteiger partial charge on any atom is -0.289 e. The van der Waals surface area contributed by atoms with Crippen LogP contribution in [-0.2, 0) is 12.8 Å². The number of carbonyl (C=O) groups is 2. The number of benzene rings is 5. The van der Waals surface area contributed by atoms with Gasteiger partial charge in [0.05, 0.1) is 0 Å². The van der Waals surface area contributed by atoms with Crippen LogP contribution in [0.3, 0.4) is 0 Å². The van der Waals surface area contributed by atoms with Crippen LogP contribution in [0.15, 0.2) is 96.1 Å². The summed E-state index contributed by atoms with van der Waals surface area (Å²) in [5, 5.41) is 7.59. The minimum atomic E-state index is 0.0752. The van der Waals surface area contributed by atoms with E-state index in [0.29, 0.717) is 11.1 Å². The fraction of sp³-hybridized carbons (Fsp3) is 0.176. The predicted molar refractivity (Wildman–Crippen MR) is 147 cm³/mol. The lowest BCUT2D eigenvalue weighted by atomic mass is 9.75. The van der Waals surface area contributed by atoms with Crippen LogP contribution in [0.4, 0.5) is 0 Å². The number of hydrogen-bond acceptors (Lipinski definition) is 2. The van der Waals surface area contributed by atoms with Crippen LogP contribution < -0.4 is 0 Å². The van der Waals surface area contributed by atoms with Gasteiger partial charge in [0.1, 0.15) is 0 Å². The van der Waals surface area contributed by atoms with Crippen molar-refractivity contribution in [3.05, 3.63) is 118 Å². The van der Waals surface area contributed by atoms with E-state index < -0.39 is 0 Å². The minimum absolute atomic E-state index is 0.0752. The van der Waals surface area contributed by atoms with Crippen LogP contribution in [0, 0.1) is 0 Å². The van der Waals surface area contributed by atoms with Crippen LogP contribution in [-0.4, -0.2) is 11.6 Å². The van der Waals surface area contributed by atoms with Crippen molar-refractivity contribution >= 4 is 43.9 Å². The molecule has 2 nitrogen and oxygen atoms in total. The van der Waals surface area contributed by atoms with E-state index >= 15 is 0 Å². The van der Waals surface area contributed by atoms with Crippen LogP contribution in [0.5, 0.6) is 0 Å². The second-order valence-electron chi connectivity index (χ2n) is 10.2. The van der Waals surface area contributed by atoms with E-state index in [1.807, 2.05) is 18.2 Å². The quantitative estimate of drug-likeness (QED) is 0.251.